The standard InChI is InChI=1S/C22H44N2O2S2/c1-19(2,3)15-21(7,8)23-17(25)11-13-27-28-14-12-18(26)24-22(9,10)16-20(4,5)6/h11-16H2,1-10H3,(H,23,25)(H,24,26). The summed E-state index contributed by atoms with van der Waals surface area (Å²) in [5.41, 5.74) is -0.0109. The minimum atomic E-state index is -0.189. The summed E-state index contributed by atoms with van der Waals surface area (Å²) in [6.45, 7) is 21.5. The number of hydrogen-bond donors (Lipinski definition) is 2. The largest absolute Gasteiger partial charge is 0.351 e. The predicted octanol–water partition coefficient (Wildman–Crippen LogP) is 5.81. The van der Waals surface area contributed by atoms with Crippen molar-refractivity contribution in [3.8, 4) is 0 Å². The Balaban J connectivity index is 3.97. The van der Waals surface area contributed by atoms with Gasteiger partial charge in [0.1, 0.15) is 0 Å². The van der Waals surface area contributed by atoms with Crippen molar-refractivity contribution in [2.75, 3.05) is 11.5 Å². The van der Waals surface area contributed by atoms with Crippen molar-refractivity contribution in [1.82, 2.24) is 10.6 Å². The van der Waals surface area contributed by atoms with Gasteiger partial charge < -0.3 is 10.6 Å². The van der Waals surface area contributed by atoms with E-state index in [0.29, 0.717) is 12.8 Å². The Morgan fingerprint density at radius 2 is 0.893 bits per heavy atom. The monoisotopic (exact) mass is 432 g/mol. The summed E-state index contributed by atoms with van der Waals surface area (Å²) in [7, 11) is 3.33. The van der Waals surface area contributed by atoms with Crippen molar-refractivity contribution in [2.24, 2.45) is 10.8 Å². The molecule has 0 aliphatic rings. The number of rotatable bonds is 11. The molecule has 0 heterocycles. The molecular weight excluding hydrogens is 388 g/mol. The smallest absolute Gasteiger partial charge is 0.221 e. The van der Waals surface area contributed by atoms with Gasteiger partial charge in [-0.25, -0.2) is 0 Å². The van der Waals surface area contributed by atoms with Crippen LogP contribution >= 0.6 is 21.6 Å². The van der Waals surface area contributed by atoms with Crippen molar-refractivity contribution in [3.05, 3.63) is 0 Å². The second kappa shape index (κ2) is 11.1. The Kier molecular flexibility index (Phi) is 11.0. The zero-order valence-corrected chi connectivity index (χ0v) is 21.5. The third-order valence-corrected chi connectivity index (χ3v) is 6.22. The fraction of sp³-hybridized carbons (Fsp3) is 0.909. The molecule has 0 aliphatic carbocycles. The zero-order chi connectivity index (χ0) is 22.2. The van der Waals surface area contributed by atoms with Gasteiger partial charge in [0.05, 0.1) is 0 Å². The predicted molar refractivity (Wildman–Crippen MR) is 127 cm³/mol. The number of amides is 2. The fourth-order valence-corrected chi connectivity index (χ4v) is 5.99. The summed E-state index contributed by atoms with van der Waals surface area (Å²) in [6.07, 6.45) is 2.90. The van der Waals surface area contributed by atoms with Gasteiger partial charge in [-0.05, 0) is 51.4 Å². The van der Waals surface area contributed by atoms with Gasteiger partial charge >= 0.3 is 0 Å². The lowest BCUT2D eigenvalue weighted by atomic mass is 9.81. The van der Waals surface area contributed by atoms with Crippen molar-refractivity contribution in [3.63, 3.8) is 0 Å². The van der Waals surface area contributed by atoms with Crippen molar-refractivity contribution in [1.29, 1.82) is 0 Å². The van der Waals surface area contributed by atoms with Crippen LogP contribution in [0, 0.1) is 10.8 Å². The second-order valence-corrected chi connectivity index (χ2v) is 14.2. The molecule has 0 radical (unpaired) electrons. The van der Waals surface area contributed by atoms with E-state index in [1.807, 2.05) is 0 Å². The highest BCUT2D eigenvalue weighted by molar-refractivity contribution is 8.76. The fourth-order valence-electron chi connectivity index (χ4n) is 4.01. The van der Waals surface area contributed by atoms with E-state index in [1.165, 1.54) is 0 Å². The molecule has 0 bridgehead atoms. The van der Waals surface area contributed by atoms with Crippen LogP contribution in [0.1, 0.15) is 94.9 Å². The maximum Gasteiger partial charge on any atom is 0.221 e. The summed E-state index contributed by atoms with van der Waals surface area (Å²) < 4.78 is 0. The quantitative estimate of drug-likeness (QED) is 0.319. The number of carbonyl (C=O) groups is 2. The van der Waals surface area contributed by atoms with E-state index in [-0.39, 0.29) is 33.7 Å². The van der Waals surface area contributed by atoms with E-state index < -0.39 is 0 Å². The Morgan fingerprint density at radius 3 is 1.14 bits per heavy atom. The molecule has 0 unspecified atom stereocenters. The van der Waals surface area contributed by atoms with Crippen molar-refractivity contribution >= 4 is 33.4 Å². The molecule has 0 aromatic carbocycles. The SMILES string of the molecule is CC(C)(C)CC(C)(C)NC(=O)CCSSCCC(=O)NC(C)(C)CC(C)(C)C. The lowest BCUT2D eigenvalue weighted by Crippen LogP contribution is -2.46. The number of carbonyl (C=O) groups excluding carboxylic acids is 2. The third kappa shape index (κ3) is 16.6. The lowest BCUT2D eigenvalue weighted by Gasteiger charge is -2.33. The van der Waals surface area contributed by atoms with Gasteiger partial charge in [0.15, 0.2) is 0 Å². The molecule has 166 valence electrons. The van der Waals surface area contributed by atoms with Gasteiger partial charge in [0, 0.05) is 35.4 Å². The molecule has 4 nitrogen and oxygen atoms in total. The molecule has 0 aromatic heterocycles. The van der Waals surface area contributed by atoms with Crippen LogP contribution in [0.2, 0.25) is 0 Å². The van der Waals surface area contributed by atoms with E-state index in [2.05, 4.69) is 79.9 Å². The molecule has 0 fully saturated rings. The highest BCUT2D eigenvalue weighted by Gasteiger charge is 2.27. The molecule has 2 amide bonds. The molecule has 28 heavy (non-hydrogen) atoms. The lowest BCUT2D eigenvalue weighted by molar-refractivity contribution is -0.123. The first-order valence-corrected chi connectivity index (χ1v) is 12.8. The molecule has 0 rings (SSSR count). The molecule has 0 saturated carbocycles. The Hall–Kier alpha value is -0.360. The van der Waals surface area contributed by atoms with E-state index in [1.54, 1.807) is 21.6 Å². The van der Waals surface area contributed by atoms with Gasteiger partial charge in [0.2, 0.25) is 11.8 Å². The second-order valence-electron chi connectivity index (χ2n) is 11.5. The van der Waals surface area contributed by atoms with E-state index in [9.17, 15) is 9.59 Å². The molecule has 0 aromatic rings. The average Bonchev–Trinajstić information content (AvgIpc) is 2.35. The van der Waals surface area contributed by atoms with Crippen LogP contribution in [0.3, 0.4) is 0 Å². The topological polar surface area (TPSA) is 58.2 Å². The van der Waals surface area contributed by atoms with Crippen LogP contribution in [-0.4, -0.2) is 34.4 Å². The first-order chi connectivity index (χ1) is 12.4. The Morgan fingerprint density at radius 1 is 0.607 bits per heavy atom. The number of hydrogen-bond acceptors (Lipinski definition) is 4. The highest BCUT2D eigenvalue weighted by Crippen LogP contribution is 2.28. The molecule has 2 N–H and O–H groups in total. The van der Waals surface area contributed by atoms with Crippen molar-refractivity contribution in [2.45, 2.75) is 106 Å². The third-order valence-electron chi connectivity index (χ3n) is 3.81. The summed E-state index contributed by atoms with van der Waals surface area (Å²) in [4.78, 5) is 24.3. The van der Waals surface area contributed by atoms with Gasteiger partial charge in [-0.1, -0.05) is 63.1 Å². The minimum Gasteiger partial charge on any atom is -0.351 e. The maximum absolute atomic E-state index is 12.2. The Bertz CT molecular complexity index is 458. The molecule has 6 heteroatoms. The van der Waals surface area contributed by atoms with E-state index in [4.69, 9.17) is 0 Å². The summed E-state index contributed by atoms with van der Waals surface area (Å²) in [5.74, 6) is 1.73. The van der Waals surface area contributed by atoms with Gasteiger partial charge in [-0.2, -0.15) is 0 Å². The van der Waals surface area contributed by atoms with Crippen LogP contribution in [0.4, 0.5) is 0 Å². The van der Waals surface area contributed by atoms with Crippen molar-refractivity contribution < 1.29 is 9.59 Å². The van der Waals surface area contributed by atoms with Crippen LogP contribution in [-0.2, 0) is 9.59 Å². The summed E-state index contributed by atoms with van der Waals surface area (Å²) in [6, 6.07) is 0. The molecule has 0 atom stereocenters. The minimum absolute atomic E-state index is 0.101. The van der Waals surface area contributed by atoms with Gasteiger partial charge in [-0.15, -0.1) is 0 Å². The average molecular weight is 433 g/mol. The maximum atomic E-state index is 12.2. The molecule has 0 spiro atoms. The first kappa shape index (κ1) is 27.6. The summed E-state index contributed by atoms with van der Waals surface area (Å²) in [5, 5.41) is 6.28. The Labute approximate surface area is 181 Å². The number of nitrogens with one attached hydrogen (secondary N) is 2. The van der Waals surface area contributed by atoms with Crippen LogP contribution in [0.25, 0.3) is 0 Å². The summed E-state index contributed by atoms with van der Waals surface area (Å²) >= 11 is 0. The van der Waals surface area contributed by atoms with Crippen LogP contribution in [0.15, 0.2) is 0 Å². The molecule has 0 saturated heterocycles. The normalized spacial score (nSPS) is 13.4. The van der Waals surface area contributed by atoms with E-state index in [0.717, 1.165) is 24.3 Å². The van der Waals surface area contributed by atoms with Crippen LogP contribution in [0.5, 0.6) is 0 Å². The van der Waals surface area contributed by atoms with E-state index >= 15 is 0 Å². The van der Waals surface area contributed by atoms with Gasteiger partial charge in [0.25, 0.3) is 0 Å². The molecule has 0 aliphatic heterocycles. The molecular formula is C22H44N2O2S2. The van der Waals surface area contributed by atoms with Gasteiger partial charge in [-0.3, -0.25) is 9.59 Å². The highest BCUT2D eigenvalue weighted by atomic mass is 33.1. The van der Waals surface area contributed by atoms with Crippen LogP contribution < -0.4 is 10.6 Å². The zero-order valence-electron chi connectivity index (χ0n) is 19.9. The first-order valence-electron chi connectivity index (χ1n) is 10.3.